The summed E-state index contributed by atoms with van der Waals surface area (Å²) in [4.78, 5) is 28.9. The van der Waals surface area contributed by atoms with E-state index < -0.39 is 6.10 Å². The smallest absolute Gasteiger partial charge is 0.267 e. The van der Waals surface area contributed by atoms with Gasteiger partial charge < -0.3 is 23.8 Å². The first kappa shape index (κ1) is 19.3. The van der Waals surface area contributed by atoms with Gasteiger partial charge in [-0.15, -0.1) is 0 Å². The number of aryl methyl sites for hydroxylation is 2. The average Bonchev–Trinajstić information content (AvgIpc) is 3.08. The molecular weight excluding hydrogens is 374 g/mol. The van der Waals surface area contributed by atoms with E-state index in [1.54, 1.807) is 11.0 Å². The molecule has 0 N–H and O–H groups in total. The minimum absolute atomic E-state index is 0.0864. The van der Waals surface area contributed by atoms with Crippen LogP contribution in [0.15, 0.2) is 28.8 Å². The van der Waals surface area contributed by atoms with Gasteiger partial charge in [0.25, 0.3) is 5.91 Å². The van der Waals surface area contributed by atoms with Crippen LogP contribution in [0.2, 0.25) is 0 Å². The molecule has 0 saturated carbocycles. The molecule has 0 aliphatic carbocycles. The Hall–Kier alpha value is -3.03. The van der Waals surface area contributed by atoms with Crippen molar-refractivity contribution in [3.63, 3.8) is 0 Å². The summed E-state index contributed by atoms with van der Waals surface area (Å²) in [6.45, 7) is 5.99. The lowest BCUT2D eigenvalue weighted by molar-refractivity contribution is -0.146. The van der Waals surface area contributed by atoms with Crippen LogP contribution in [-0.2, 0) is 16.0 Å². The van der Waals surface area contributed by atoms with Crippen molar-refractivity contribution in [2.45, 2.75) is 32.8 Å². The van der Waals surface area contributed by atoms with Crippen LogP contribution in [0.5, 0.6) is 11.5 Å². The monoisotopic (exact) mass is 399 g/mol. The van der Waals surface area contributed by atoms with Crippen molar-refractivity contribution in [3.8, 4) is 11.5 Å². The summed E-state index contributed by atoms with van der Waals surface area (Å²) in [5.41, 5.74) is 1.84. The van der Waals surface area contributed by atoms with Crippen LogP contribution >= 0.6 is 0 Å². The molecule has 4 rings (SSSR count). The molecule has 1 fully saturated rings. The predicted octanol–water partition coefficient (Wildman–Crippen LogP) is 1.73. The maximum Gasteiger partial charge on any atom is 0.267 e. The van der Waals surface area contributed by atoms with Gasteiger partial charge in [-0.1, -0.05) is 17.3 Å². The number of nitrogens with zero attached hydrogens (tertiary/aromatic N) is 3. The number of rotatable bonds is 4. The van der Waals surface area contributed by atoms with Crippen LogP contribution in [0.4, 0.5) is 0 Å². The molecule has 8 nitrogen and oxygen atoms in total. The lowest BCUT2D eigenvalue weighted by atomic mass is 10.1. The Morgan fingerprint density at radius 2 is 1.76 bits per heavy atom. The number of amides is 2. The highest BCUT2D eigenvalue weighted by molar-refractivity contribution is 5.82. The molecule has 154 valence electrons. The number of para-hydroxylation sites is 2. The van der Waals surface area contributed by atoms with Gasteiger partial charge in [0.2, 0.25) is 12.0 Å². The summed E-state index contributed by atoms with van der Waals surface area (Å²) in [5, 5.41) is 3.93. The van der Waals surface area contributed by atoms with E-state index >= 15 is 0 Å². The molecule has 0 radical (unpaired) electrons. The fraction of sp³-hybridized carbons (Fsp3) is 0.476. The van der Waals surface area contributed by atoms with Crippen LogP contribution in [0.25, 0.3) is 0 Å². The van der Waals surface area contributed by atoms with Gasteiger partial charge in [-0.3, -0.25) is 9.59 Å². The molecule has 1 saturated heterocycles. The van der Waals surface area contributed by atoms with Crippen LogP contribution in [0.1, 0.15) is 23.4 Å². The molecule has 0 spiro atoms. The van der Waals surface area contributed by atoms with E-state index in [2.05, 4.69) is 5.16 Å². The van der Waals surface area contributed by atoms with E-state index in [0.29, 0.717) is 50.5 Å². The molecule has 29 heavy (non-hydrogen) atoms. The summed E-state index contributed by atoms with van der Waals surface area (Å²) < 4.78 is 16.6. The Bertz CT molecular complexity index is 882. The van der Waals surface area contributed by atoms with Gasteiger partial charge in [0.1, 0.15) is 12.4 Å². The molecule has 2 aliphatic rings. The van der Waals surface area contributed by atoms with Crippen molar-refractivity contribution in [1.29, 1.82) is 0 Å². The summed E-state index contributed by atoms with van der Waals surface area (Å²) >= 11 is 0. The van der Waals surface area contributed by atoms with E-state index in [-0.39, 0.29) is 18.4 Å². The number of carbonyl (C=O) groups is 2. The second kappa shape index (κ2) is 8.14. The summed E-state index contributed by atoms with van der Waals surface area (Å²) in [5.74, 6) is 2.00. The number of benzene rings is 1. The molecular formula is C21H25N3O5. The highest BCUT2D eigenvalue weighted by atomic mass is 16.6. The highest BCUT2D eigenvalue weighted by Gasteiger charge is 2.33. The maximum absolute atomic E-state index is 12.8. The Morgan fingerprint density at radius 1 is 1.07 bits per heavy atom. The Kier molecular flexibility index (Phi) is 5.42. The number of fused-ring (bicyclic) bond motifs is 1. The molecule has 8 heteroatoms. The zero-order chi connectivity index (χ0) is 20.4. The number of aromatic nitrogens is 1. The van der Waals surface area contributed by atoms with E-state index in [1.807, 2.05) is 36.9 Å². The molecule has 0 bridgehead atoms. The third-order valence-corrected chi connectivity index (χ3v) is 5.50. The molecule has 2 aromatic rings. The molecule has 1 aromatic carbocycles. The minimum atomic E-state index is -0.647. The number of hydrogen-bond donors (Lipinski definition) is 0. The standard InChI is InChI=1S/C21H25N3O5/c1-14-16(15(2)29-22-14)7-8-20(25)23-9-11-24(12-10-23)21(26)19-13-27-17-5-3-4-6-18(17)28-19/h3-6,19H,7-13H2,1-2H3/t19-/m1/s1. The lowest BCUT2D eigenvalue weighted by Gasteiger charge is -2.37. The third-order valence-electron chi connectivity index (χ3n) is 5.50. The zero-order valence-electron chi connectivity index (χ0n) is 16.7. The molecule has 2 amide bonds. The fourth-order valence-electron chi connectivity index (χ4n) is 3.77. The van der Waals surface area contributed by atoms with Gasteiger partial charge in [0, 0.05) is 38.2 Å². The van der Waals surface area contributed by atoms with Gasteiger partial charge in [-0.2, -0.15) is 0 Å². The van der Waals surface area contributed by atoms with Crippen LogP contribution < -0.4 is 9.47 Å². The first-order chi connectivity index (χ1) is 14.0. The molecule has 0 unspecified atom stereocenters. The summed E-state index contributed by atoms with van der Waals surface area (Å²) in [6.07, 6.45) is 0.380. The van der Waals surface area contributed by atoms with Gasteiger partial charge in [0.05, 0.1) is 5.69 Å². The van der Waals surface area contributed by atoms with Crippen molar-refractivity contribution in [1.82, 2.24) is 15.0 Å². The molecule has 2 aliphatic heterocycles. The first-order valence-corrected chi connectivity index (χ1v) is 9.89. The number of piperazine rings is 1. The summed E-state index contributed by atoms with van der Waals surface area (Å²) in [6, 6.07) is 7.33. The maximum atomic E-state index is 12.8. The van der Waals surface area contributed by atoms with E-state index in [4.69, 9.17) is 14.0 Å². The SMILES string of the molecule is Cc1noc(C)c1CCC(=O)N1CCN(C(=O)[C@H]2COc3ccccc3O2)CC1. The van der Waals surface area contributed by atoms with Gasteiger partial charge >= 0.3 is 0 Å². The highest BCUT2D eigenvalue weighted by Crippen LogP contribution is 2.31. The van der Waals surface area contributed by atoms with Gasteiger partial charge in [-0.25, -0.2) is 0 Å². The zero-order valence-corrected chi connectivity index (χ0v) is 16.7. The average molecular weight is 399 g/mol. The van der Waals surface area contributed by atoms with Crippen molar-refractivity contribution < 1.29 is 23.6 Å². The quantitative estimate of drug-likeness (QED) is 0.779. The molecule has 1 atom stereocenters. The Morgan fingerprint density at radius 3 is 2.45 bits per heavy atom. The fourth-order valence-corrected chi connectivity index (χ4v) is 3.77. The number of hydrogen-bond acceptors (Lipinski definition) is 6. The van der Waals surface area contributed by atoms with Crippen LogP contribution in [0, 0.1) is 13.8 Å². The van der Waals surface area contributed by atoms with Gasteiger partial charge in [0.15, 0.2) is 11.5 Å². The van der Waals surface area contributed by atoms with Crippen molar-refractivity contribution >= 4 is 11.8 Å². The predicted molar refractivity (Wildman–Crippen MR) is 104 cm³/mol. The normalized spacial score (nSPS) is 18.6. The van der Waals surface area contributed by atoms with Crippen molar-refractivity contribution in [2.75, 3.05) is 32.8 Å². The van der Waals surface area contributed by atoms with Gasteiger partial charge in [-0.05, 0) is 32.4 Å². The van der Waals surface area contributed by atoms with E-state index in [1.165, 1.54) is 0 Å². The van der Waals surface area contributed by atoms with Crippen molar-refractivity contribution in [2.24, 2.45) is 0 Å². The largest absolute Gasteiger partial charge is 0.485 e. The first-order valence-electron chi connectivity index (χ1n) is 9.89. The third kappa shape index (κ3) is 4.06. The number of carbonyl (C=O) groups excluding carboxylic acids is 2. The lowest BCUT2D eigenvalue weighted by Crippen LogP contribution is -2.55. The number of ether oxygens (including phenoxy) is 2. The van der Waals surface area contributed by atoms with Crippen LogP contribution in [-0.4, -0.2) is 65.7 Å². The minimum Gasteiger partial charge on any atom is -0.485 e. The van der Waals surface area contributed by atoms with E-state index in [0.717, 1.165) is 17.0 Å². The molecule has 3 heterocycles. The second-order valence-corrected chi connectivity index (χ2v) is 7.37. The topological polar surface area (TPSA) is 85.1 Å². The molecule has 1 aromatic heterocycles. The van der Waals surface area contributed by atoms with Crippen LogP contribution in [0.3, 0.4) is 0 Å². The van der Waals surface area contributed by atoms with E-state index in [9.17, 15) is 9.59 Å². The van der Waals surface area contributed by atoms with Crippen molar-refractivity contribution in [3.05, 3.63) is 41.3 Å². The Balaban J connectivity index is 1.27. The summed E-state index contributed by atoms with van der Waals surface area (Å²) in [7, 11) is 0. The Labute approximate surface area is 169 Å². The second-order valence-electron chi connectivity index (χ2n) is 7.37.